The quantitative estimate of drug-likeness (QED) is 0.687. The van der Waals surface area contributed by atoms with Crippen LogP contribution in [0.4, 0.5) is 4.79 Å². The molecule has 8 nitrogen and oxygen atoms in total. The van der Waals surface area contributed by atoms with Crippen LogP contribution >= 0.6 is 0 Å². The molecule has 140 valence electrons. The van der Waals surface area contributed by atoms with Gasteiger partial charge in [0.1, 0.15) is 0 Å². The molecule has 0 aromatic carbocycles. The van der Waals surface area contributed by atoms with E-state index in [1.165, 1.54) is 0 Å². The number of ether oxygens (including phenoxy) is 1. The van der Waals surface area contributed by atoms with E-state index in [9.17, 15) is 19.2 Å². The van der Waals surface area contributed by atoms with Gasteiger partial charge >= 0.3 is 12.0 Å². The maximum Gasteiger partial charge on any atom is 0.321 e. The van der Waals surface area contributed by atoms with Crippen molar-refractivity contribution in [3.8, 4) is 0 Å². The van der Waals surface area contributed by atoms with Gasteiger partial charge in [0.2, 0.25) is 5.91 Å². The van der Waals surface area contributed by atoms with Crippen molar-refractivity contribution in [3.05, 3.63) is 0 Å². The molecule has 1 aliphatic carbocycles. The summed E-state index contributed by atoms with van der Waals surface area (Å²) in [5.41, 5.74) is 0. The molecule has 2 rings (SSSR count). The number of urea groups is 1. The highest BCUT2D eigenvalue weighted by atomic mass is 16.5. The van der Waals surface area contributed by atoms with Crippen molar-refractivity contribution in [3.63, 3.8) is 0 Å². The summed E-state index contributed by atoms with van der Waals surface area (Å²) in [7, 11) is 0. The zero-order chi connectivity index (χ0) is 18.4. The fourth-order valence-electron chi connectivity index (χ4n) is 3.22. The molecular formula is C17H27N3O5. The number of likely N-dealkylation sites (tertiary alicyclic amines) is 1. The van der Waals surface area contributed by atoms with Crippen molar-refractivity contribution in [2.24, 2.45) is 11.8 Å². The number of nitrogens with zero attached hydrogens (tertiary/aromatic N) is 1. The van der Waals surface area contributed by atoms with Crippen molar-refractivity contribution in [1.82, 2.24) is 15.5 Å². The van der Waals surface area contributed by atoms with Gasteiger partial charge < -0.3 is 15.0 Å². The molecule has 1 saturated heterocycles. The Balaban J connectivity index is 1.70. The SMILES string of the molecule is CC(C)CNC(=O)NC(=O)COC(=O)[C@H]1CC(=O)N(C2CCCC2)C1. The van der Waals surface area contributed by atoms with Gasteiger partial charge in [-0.1, -0.05) is 26.7 Å². The summed E-state index contributed by atoms with van der Waals surface area (Å²) in [6.45, 7) is 4.14. The summed E-state index contributed by atoms with van der Waals surface area (Å²) < 4.78 is 4.96. The van der Waals surface area contributed by atoms with E-state index in [1.807, 2.05) is 13.8 Å². The summed E-state index contributed by atoms with van der Waals surface area (Å²) >= 11 is 0. The molecule has 0 spiro atoms. The largest absolute Gasteiger partial charge is 0.455 e. The minimum absolute atomic E-state index is 0.0219. The Morgan fingerprint density at radius 3 is 2.56 bits per heavy atom. The first-order chi connectivity index (χ1) is 11.9. The topological polar surface area (TPSA) is 105 Å². The Labute approximate surface area is 147 Å². The molecule has 0 bridgehead atoms. The van der Waals surface area contributed by atoms with Crippen molar-refractivity contribution in [2.45, 2.75) is 52.0 Å². The van der Waals surface area contributed by atoms with E-state index >= 15 is 0 Å². The highest BCUT2D eigenvalue weighted by Gasteiger charge is 2.39. The second-order valence-electron chi connectivity index (χ2n) is 7.15. The van der Waals surface area contributed by atoms with Gasteiger partial charge in [-0.2, -0.15) is 0 Å². The third-order valence-electron chi connectivity index (χ3n) is 4.53. The van der Waals surface area contributed by atoms with Crippen LogP contribution in [0.2, 0.25) is 0 Å². The standard InChI is InChI=1S/C17H27N3O5/c1-11(2)8-18-17(24)19-14(21)10-25-16(23)12-7-15(22)20(9-12)13-5-3-4-6-13/h11-13H,3-10H2,1-2H3,(H2,18,19,21,24)/t12-/m0/s1. The fraction of sp³-hybridized carbons (Fsp3) is 0.765. The van der Waals surface area contributed by atoms with E-state index in [0.717, 1.165) is 25.7 Å². The van der Waals surface area contributed by atoms with Crippen LogP contribution in [0, 0.1) is 11.8 Å². The zero-order valence-electron chi connectivity index (χ0n) is 14.9. The van der Waals surface area contributed by atoms with E-state index in [0.29, 0.717) is 13.1 Å². The van der Waals surface area contributed by atoms with Crippen LogP contribution in [0.1, 0.15) is 46.0 Å². The van der Waals surface area contributed by atoms with Crippen LogP contribution in [0.5, 0.6) is 0 Å². The van der Waals surface area contributed by atoms with Crippen LogP contribution in [-0.2, 0) is 19.1 Å². The van der Waals surface area contributed by atoms with Crippen molar-refractivity contribution in [1.29, 1.82) is 0 Å². The lowest BCUT2D eigenvalue weighted by Gasteiger charge is -2.23. The second kappa shape index (κ2) is 8.82. The third kappa shape index (κ3) is 5.72. The lowest BCUT2D eigenvalue weighted by atomic mass is 10.1. The molecular weight excluding hydrogens is 326 g/mol. The van der Waals surface area contributed by atoms with Crippen molar-refractivity contribution < 1.29 is 23.9 Å². The summed E-state index contributed by atoms with van der Waals surface area (Å²) in [6, 6.07) is -0.378. The van der Waals surface area contributed by atoms with Gasteiger partial charge in [0.15, 0.2) is 6.61 Å². The van der Waals surface area contributed by atoms with Crippen LogP contribution in [-0.4, -0.2) is 54.5 Å². The molecule has 1 aliphatic heterocycles. The van der Waals surface area contributed by atoms with Crippen LogP contribution in [0.15, 0.2) is 0 Å². The highest BCUT2D eigenvalue weighted by Crippen LogP contribution is 2.29. The lowest BCUT2D eigenvalue weighted by Crippen LogP contribution is -2.42. The fourth-order valence-corrected chi connectivity index (χ4v) is 3.22. The molecule has 2 aliphatic rings. The number of carbonyl (C=O) groups is 4. The minimum Gasteiger partial charge on any atom is -0.455 e. The van der Waals surface area contributed by atoms with Crippen LogP contribution in [0.3, 0.4) is 0 Å². The van der Waals surface area contributed by atoms with Crippen molar-refractivity contribution in [2.75, 3.05) is 19.7 Å². The van der Waals surface area contributed by atoms with Gasteiger partial charge in [-0.25, -0.2) is 4.79 Å². The maximum atomic E-state index is 12.1. The number of nitrogens with one attached hydrogen (secondary N) is 2. The Kier molecular flexibility index (Phi) is 6.78. The molecule has 0 radical (unpaired) electrons. The first kappa shape index (κ1) is 19.2. The van der Waals surface area contributed by atoms with Gasteiger partial charge in [0, 0.05) is 25.6 Å². The lowest BCUT2D eigenvalue weighted by molar-refractivity contribution is -0.152. The second-order valence-corrected chi connectivity index (χ2v) is 7.15. The maximum absolute atomic E-state index is 12.1. The minimum atomic E-state index is -0.688. The molecule has 1 atom stereocenters. The highest BCUT2D eigenvalue weighted by molar-refractivity contribution is 5.96. The zero-order valence-corrected chi connectivity index (χ0v) is 14.9. The summed E-state index contributed by atoms with van der Waals surface area (Å²) in [5.74, 6) is -1.54. The number of esters is 1. The normalized spacial score (nSPS) is 20.8. The predicted molar refractivity (Wildman–Crippen MR) is 89.4 cm³/mol. The van der Waals surface area contributed by atoms with Gasteiger partial charge in [-0.05, 0) is 18.8 Å². The summed E-state index contributed by atoms with van der Waals surface area (Å²) in [5, 5.41) is 4.64. The first-order valence-corrected chi connectivity index (χ1v) is 8.90. The molecule has 25 heavy (non-hydrogen) atoms. The molecule has 8 heteroatoms. The molecule has 1 heterocycles. The average molecular weight is 353 g/mol. The van der Waals surface area contributed by atoms with Gasteiger partial charge in [0.05, 0.1) is 5.92 Å². The van der Waals surface area contributed by atoms with Gasteiger partial charge in [-0.15, -0.1) is 0 Å². The molecule has 2 N–H and O–H groups in total. The number of hydrogen-bond donors (Lipinski definition) is 2. The molecule has 0 aromatic rings. The van der Waals surface area contributed by atoms with Crippen LogP contribution in [0.25, 0.3) is 0 Å². The Morgan fingerprint density at radius 1 is 1.24 bits per heavy atom. The van der Waals surface area contributed by atoms with Gasteiger partial charge in [0.25, 0.3) is 5.91 Å². The Morgan fingerprint density at radius 2 is 1.92 bits per heavy atom. The molecule has 0 unspecified atom stereocenters. The molecule has 4 amide bonds. The molecule has 0 aromatic heterocycles. The summed E-state index contributed by atoms with van der Waals surface area (Å²) in [6.07, 6.45) is 4.33. The van der Waals surface area contributed by atoms with E-state index in [2.05, 4.69) is 10.6 Å². The number of rotatable bonds is 6. The first-order valence-electron chi connectivity index (χ1n) is 8.90. The molecule has 1 saturated carbocycles. The number of amides is 4. The summed E-state index contributed by atoms with van der Waals surface area (Å²) in [4.78, 5) is 49.0. The monoisotopic (exact) mass is 353 g/mol. The van der Waals surface area contributed by atoms with E-state index < -0.39 is 30.4 Å². The third-order valence-corrected chi connectivity index (χ3v) is 4.53. The number of imide groups is 1. The van der Waals surface area contributed by atoms with Crippen molar-refractivity contribution >= 4 is 23.8 Å². The Bertz CT molecular complexity index is 528. The molecule has 2 fully saturated rings. The average Bonchev–Trinajstić information content (AvgIpc) is 3.19. The number of hydrogen-bond acceptors (Lipinski definition) is 5. The van der Waals surface area contributed by atoms with Crippen LogP contribution < -0.4 is 10.6 Å². The Hall–Kier alpha value is -2.12. The smallest absolute Gasteiger partial charge is 0.321 e. The van der Waals surface area contributed by atoms with E-state index in [1.54, 1.807) is 4.90 Å². The number of carbonyl (C=O) groups excluding carboxylic acids is 4. The predicted octanol–water partition coefficient (Wildman–Crippen LogP) is 0.803. The van der Waals surface area contributed by atoms with Gasteiger partial charge in [-0.3, -0.25) is 19.7 Å². The van der Waals surface area contributed by atoms with E-state index in [4.69, 9.17) is 4.74 Å². The van der Waals surface area contributed by atoms with E-state index in [-0.39, 0.29) is 24.3 Å².